The van der Waals surface area contributed by atoms with Gasteiger partial charge in [-0.25, -0.2) is 4.79 Å². The Morgan fingerprint density at radius 3 is 2.76 bits per heavy atom. The van der Waals surface area contributed by atoms with E-state index >= 15 is 0 Å². The maximum atomic E-state index is 12.4. The quantitative estimate of drug-likeness (QED) is 0.881. The number of aromatic nitrogens is 2. The summed E-state index contributed by atoms with van der Waals surface area (Å²) in [6.07, 6.45) is 0. The molecule has 0 saturated heterocycles. The average molecular weight is 307 g/mol. The highest BCUT2D eigenvalue weighted by Gasteiger charge is 2.21. The van der Waals surface area contributed by atoms with E-state index < -0.39 is 5.97 Å². The monoisotopic (exact) mass is 307 g/mol. The fourth-order valence-electron chi connectivity index (χ4n) is 1.99. The van der Waals surface area contributed by atoms with Gasteiger partial charge < -0.3 is 10.1 Å². The summed E-state index contributed by atoms with van der Waals surface area (Å²) in [6.45, 7) is 6.18. The van der Waals surface area contributed by atoms with Crippen molar-refractivity contribution in [3.8, 4) is 0 Å². The molecule has 0 atom stereocenters. The van der Waals surface area contributed by atoms with Gasteiger partial charge in [-0.1, -0.05) is 0 Å². The number of methoxy groups -OCH3 is 1. The van der Waals surface area contributed by atoms with Crippen molar-refractivity contribution in [1.29, 1.82) is 0 Å². The lowest BCUT2D eigenvalue weighted by molar-refractivity contribution is 0.0607. The molecule has 0 bridgehead atoms. The molecule has 0 unspecified atom stereocenters. The van der Waals surface area contributed by atoms with Crippen molar-refractivity contribution in [2.45, 2.75) is 27.3 Å². The molecule has 7 heteroatoms. The number of thiophene rings is 1. The summed E-state index contributed by atoms with van der Waals surface area (Å²) in [5.41, 5.74) is 2.57. The predicted octanol–water partition coefficient (Wildman–Crippen LogP) is 2.62. The standard InChI is InChI=1S/C14H17N3O3S/c1-5-17-10(6-9(3)16-17)13(18)15-11-8(2)7-21-12(11)14(19)20-4/h6-7H,5H2,1-4H3,(H,15,18). The first-order valence-electron chi connectivity index (χ1n) is 6.50. The van der Waals surface area contributed by atoms with E-state index in [1.165, 1.54) is 18.4 Å². The van der Waals surface area contributed by atoms with Crippen molar-refractivity contribution in [3.05, 3.63) is 33.3 Å². The minimum atomic E-state index is -0.455. The summed E-state index contributed by atoms with van der Waals surface area (Å²) >= 11 is 1.25. The van der Waals surface area contributed by atoms with E-state index in [1.54, 1.807) is 10.7 Å². The second-order valence-corrected chi connectivity index (χ2v) is 5.43. The van der Waals surface area contributed by atoms with E-state index in [0.717, 1.165) is 11.3 Å². The fourth-order valence-corrected chi connectivity index (χ4v) is 2.91. The lowest BCUT2D eigenvalue weighted by Gasteiger charge is -2.08. The third-order valence-corrected chi connectivity index (χ3v) is 4.10. The number of nitrogens with zero attached hydrogens (tertiary/aromatic N) is 2. The van der Waals surface area contributed by atoms with Crippen molar-refractivity contribution >= 4 is 28.9 Å². The van der Waals surface area contributed by atoms with Crippen LogP contribution in [0, 0.1) is 13.8 Å². The third-order valence-electron chi connectivity index (χ3n) is 3.02. The van der Waals surface area contributed by atoms with Gasteiger partial charge in [-0.3, -0.25) is 9.48 Å². The molecule has 21 heavy (non-hydrogen) atoms. The van der Waals surface area contributed by atoms with E-state index in [9.17, 15) is 9.59 Å². The summed E-state index contributed by atoms with van der Waals surface area (Å²) in [6, 6.07) is 1.72. The maximum Gasteiger partial charge on any atom is 0.350 e. The average Bonchev–Trinajstić information content (AvgIpc) is 3.02. The van der Waals surface area contributed by atoms with Crippen molar-refractivity contribution in [2.24, 2.45) is 0 Å². The van der Waals surface area contributed by atoms with Crippen LogP contribution in [-0.2, 0) is 11.3 Å². The number of carbonyl (C=O) groups excluding carboxylic acids is 2. The zero-order valence-corrected chi connectivity index (χ0v) is 13.2. The molecule has 112 valence electrons. The van der Waals surface area contributed by atoms with Crippen LogP contribution in [0.15, 0.2) is 11.4 Å². The first-order chi connectivity index (χ1) is 9.97. The zero-order chi connectivity index (χ0) is 15.6. The molecular weight excluding hydrogens is 290 g/mol. The van der Waals surface area contributed by atoms with E-state index in [0.29, 0.717) is 22.8 Å². The van der Waals surface area contributed by atoms with Crippen molar-refractivity contribution in [1.82, 2.24) is 9.78 Å². The number of carbonyl (C=O) groups is 2. The Balaban J connectivity index is 2.31. The maximum absolute atomic E-state index is 12.4. The van der Waals surface area contributed by atoms with Crippen LogP contribution in [0.4, 0.5) is 5.69 Å². The van der Waals surface area contributed by atoms with E-state index in [4.69, 9.17) is 4.74 Å². The van der Waals surface area contributed by atoms with Gasteiger partial charge in [-0.2, -0.15) is 5.10 Å². The Kier molecular flexibility index (Phi) is 4.42. The molecule has 0 aliphatic carbocycles. The second-order valence-electron chi connectivity index (χ2n) is 4.56. The van der Waals surface area contributed by atoms with Crippen LogP contribution in [0.2, 0.25) is 0 Å². The molecule has 6 nitrogen and oxygen atoms in total. The molecule has 0 radical (unpaired) electrons. The number of amides is 1. The number of hydrogen-bond acceptors (Lipinski definition) is 5. The summed E-state index contributed by atoms with van der Waals surface area (Å²) in [5, 5.41) is 8.84. The van der Waals surface area contributed by atoms with Gasteiger partial charge in [-0.15, -0.1) is 11.3 Å². The van der Waals surface area contributed by atoms with E-state index in [1.807, 2.05) is 26.2 Å². The van der Waals surface area contributed by atoms with Crippen LogP contribution in [0.25, 0.3) is 0 Å². The highest BCUT2D eigenvalue weighted by atomic mass is 32.1. The van der Waals surface area contributed by atoms with Gasteiger partial charge in [-0.05, 0) is 37.8 Å². The molecule has 2 aromatic rings. The smallest absolute Gasteiger partial charge is 0.350 e. The van der Waals surface area contributed by atoms with Crippen molar-refractivity contribution < 1.29 is 14.3 Å². The Bertz CT molecular complexity index is 688. The Morgan fingerprint density at radius 1 is 1.43 bits per heavy atom. The summed E-state index contributed by atoms with van der Waals surface area (Å²) < 4.78 is 6.36. The first kappa shape index (κ1) is 15.2. The van der Waals surface area contributed by atoms with Gasteiger partial charge in [0.1, 0.15) is 10.6 Å². The summed E-state index contributed by atoms with van der Waals surface area (Å²) in [7, 11) is 1.32. The largest absolute Gasteiger partial charge is 0.465 e. The number of hydrogen-bond donors (Lipinski definition) is 1. The molecule has 2 rings (SSSR count). The van der Waals surface area contributed by atoms with Crippen LogP contribution in [0.3, 0.4) is 0 Å². The lowest BCUT2D eigenvalue weighted by Crippen LogP contribution is -2.19. The molecule has 1 N–H and O–H groups in total. The highest BCUT2D eigenvalue weighted by molar-refractivity contribution is 7.12. The predicted molar refractivity (Wildman–Crippen MR) is 81.0 cm³/mol. The Morgan fingerprint density at radius 2 is 2.14 bits per heavy atom. The SMILES string of the molecule is CCn1nc(C)cc1C(=O)Nc1c(C)csc1C(=O)OC. The molecule has 0 saturated carbocycles. The number of anilines is 1. The van der Waals surface area contributed by atoms with Crippen molar-refractivity contribution in [2.75, 3.05) is 12.4 Å². The van der Waals surface area contributed by atoms with Crippen LogP contribution >= 0.6 is 11.3 Å². The van der Waals surface area contributed by atoms with Gasteiger partial charge >= 0.3 is 5.97 Å². The minimum Gasteiger partial charge on any atom is -0.465 e. The fraction of sp³-hybridized carbons (Fsp3) is 0.357. The number of aryl methyl sites for hydroxylation is 3. The number of rotatable bonds is 4. The van der Waals surface area contributed by atoms with Gasteiger partial charge in [0.15, 0.2) is 0 Å². The summed E-state index contributed by atoms with van der Waals surface area (Å²) in [5.74, 6) is -0.743. The molecule has 2 heterocycles. The molecule has 0 aliphatic rings. The Labute approximate surface area is 126 Å². The molecule has 0 spiro atoms. The minimum absolute atomic E-state index is 0.288. The van der Waals surface area contributed by atoms with E-state index in [2.05, 4.69) is 10.4 Å². The van der Waals surface area contributed by atoms with Gasteiger partial charge in [0.25, 0.3) is 5.91 Å². The normalized spacial score (nSPS) is 10.5. The Hall–Kier alpha value is -2.15. The molecule has 0 fully saturated rings. The summed E-state index contributed by atoms with van der Waals surface area (Å²) in [4.78, 5) is 24.5. The van der Waals surface area contributed by atoms with E-state index in [-0.39, 0.29) is 5.91 Å². The van der Waals surface area contributed by atoms with Gasteiger partial charge in [0.05, 0.1) is 18.5 Å². The third kappa shape index (κ3) is 2.97. The molecule has 0 aromatic carbocycles. The van der Waals surface area contributed by atoms with Gasteiger partial charge in [0.2, 0.25) is 0 Å². The van der Waals surface area contributed by atoms with Gasteiger partial charge in [0, 0.05) is 6.54 Å². The number of ether oxygens (including phenoxy) is 1. The molecule has 2 aromatic heterocycles. The highest BCUT2D eigenvalue weighted by Crippen LogP contribution is 2.28. The second kappa shape index (κ2) is 6.09. The number of esters is 1. The van der Waals surface area contributed by atoms with Crippen LogP contribution < -0.4 is 5.32 Å². The number of nitrogens with one attached hydrogen (secondary N) is 1. The van der Waals surface area contributed by atoms with Crippen LogP contribution in [0.5, 0.6) is 0 Å². The topological polar surface area (TPSA) is 73.2 Å². The molecular formula is C14H17N3O3S. The lowest BCUT2D eigenvalue weighted by atomic mass is 10.2. The van der Waals surface area contributed by atoms with Crippen molar-refractivity contribution in [3.63, 3.8) is 0 Å². The molecule has 1 amide bonds. The first-order valence-corrected chi connectivity index (χ1v) is 7.38. The van der Waals surface area contributed by atoms with Crippen LogP contribution in [-0.4, -0.2) is 28.8 Å². The van der Waals surface area contributed by atoms with Crippen LogP contribution in [0.1, 0.15) is 38.3 Å². The zero-order valence-electron chi connectivity index (χ0n) is 12.4. The molecule has 0 aliphatic heterocycles.